The molecule has 1 aromatic heterocycles. The summed E-state index contributed by atoms with van der Waals surface area (Å²) in [6.07, 6.45) is 7.12. The number of piperidine rings is 1. The first kappa shape index (κ1) is 14.4. The van der Waals surface area contributed by atoms with Crippen LogP contribution in [0.5, 0.6) is 0 Å². The van der Waals surface area contributed by atoms with E-state index in [-0.39, 0.29) is 11.9 Å². The number of nitrogens with one attached hydrogen (secondary N) is 1. The van der Waals surface area contributed by atoms with Crippen LogP contribution >= 0.6 is 0 Å². The Kier molecular flexibility index (Phi) is 4.41. The van der Waals surface area contributed by atoms with Crippen LogP contribution < -0.4 is 5.32 Å². The lowest BCUT2D eigenvalue weighted by Crippen LogP contribution is -2.46. The molecule has 0 bridgehead atoms. The summed E-state index contributed by atoms with van der Waals surface area (Å²) in [4.78, 5) is 18.5. The second-order valence-corrected chi connectivity index (χ2v) is 6.30. The van der Waals surface area contributed by atoms with Crippen molar-refractivity contribution >= 4 is 6.03 Å². The van der Waals surface area contributed by atoms with Gasteiger partial charge in [-0.15, -0.1) is 0 Å². The number of likely N-dealkylation sites (tertiary alicyclic amines) is 1. The minimum Gasteiger partial charge on any atom is -0.339 e. The molecular weight excluding hydrogens is 268 g/mol. The molecule has 1 atom stereocenters. The molecule has 2 amide bonds. The highest BCUT2D eigenvalue weighted by Gasteiger charge is 2.28. The van der Waals surface area contributed by atoms with E-state index in [1.54, 1.807) is 0 Å². The maximum Gasteiger partial charge on any atom is 0.317 e. The maximum atomic E-state index is 12.3. The fourth-order valence-corrected chi connectivity index (χ4v) is 3.40. The van der Waals surface area contributed by atoms with E-state index < -0.39 is 0 Å². The zero-order valence-corrected chi connectivity index (χ0v) is 12.7. The van der Waals surface area contributed by atoms with Crippen LogP contribution in [0, 0.1) is 12.8 Å². The first-order valence-corrected chi connectivity index (χ1v) is 8.05. The summed E-state index contributed by atoms with van der Waals surface area (Å²) in [7, 11) is 0. The van der Waals surface area contributed by atoms with E-state index in [9.17, 15) is 4.79 Å². The lowest BCUT2D eigenvalue weighted by atomic mass is 9.98. The summed E-state index contributed by atoms with van der Waals surface area (Å²) < 4.78 is 5.25. The minimum atomic E-state index is 0.0582. The molecule has 6 nitrogen and oxygen atoms in total. The number of aryl methyl sites for hydroxylation is 1. The predicted molar refractivity (Wildman–Crippen MR) is 77.9 cm³/mol. The van der Waals surface area contributed by atoms with E-state index in [1.807, 2.05) is 11.8 Å². The largest absolute Gasteiger partial charge is 0.339 e. The number of carbonyl (C=O) groups is 1. The van der Waals surface area contributed by atoms with Gasteiger partial charge in [0.05, 0.1) is 5.92 Å². The average Bonchev–Trinajstić information content (AvgIpc) is 3.16. The Labute approximate surface area is 125 Å². The van der Waals surface area contributed by atoms with Gasteiger partial charge in [0.15, 0.2) is 5.82 Å². The highest BCUT2D eigenvalue weighted by Crippen LogP contribution is 2.26. The molecule has 1 aromatic rings. The van der Waals surface area contributed by atoms with Gasteiger partial charge in [-0.05, 0) is 38.5 Å². The summed E-state index contributed by atoms with van der Waals surface area (Å²) in [6, 6.07) is 0.0582. The molecule has 0 unspecified atom stereocenters. The third-order valence-electron chi connectivity index (χ3n) is 4.62. The number of urea groups is 1. The molecule has 2 heterocycles. The van der Waals surface area contributed by atoms with Gasteiger partial charge < -0.3 is 14.7 Å². The van der Waals surface area contributed by atoms with Gasteiger partial charge in [-0.2, -0.15) is 4.98 Å². The van der Waals surface area contributed by atoms with Crippen LogP contribution in [0.25, 0.3) is 0 Å². The SMILES string of the molecule is Cc1noc([C@H]2CCCN(C(=O)NCC3CCCC3)C2)n1. The van der Waals surface area contributed by atoms with Crippen LogP contribution in [0.15, 0.2) is 4.52 Å². The van der Waals surface area contributed by atoms with E-state index in [0.717, 1.165) is 25.9 Å². The number of carbonyl (C=O) groups excluding carboxylic acids is 1. The van der Waals surface area contributed by atoms with Crippen molar-refractivity contribution in [3.63, 3.8) is 0 Å². The summed E-state index contributed by atoms with van der Waals surface area (Å²) in [5.41, 5.74) is 0. The van der Waals surface area contributed by atoms with Crippen molar-refractivity contribution in [1.82, 2.24) is 20.4 Å². The Balaban J connectivity index is 1.51. The first-order valence-electron chi connectivity index (χ1n) is 8.05. The molecule has 2 aliphatic rings. The zero-order chi connectivity index (χ0) is 14.7. The van der Waals surface area contributed by atoms with E-state index in [0.29, 0.717) is 24.2 Å². The summed E-state index contributed by atoms with van der Waals surface area (Å²) in [6.45, 7) is 4.14. The quantitative estimate of drug-likeness (QED) is 0.929. The Morgan fingerprint density at radius 2 is 2.14 bits per heavy atom. The van der Waals surface area contributed by atoms with Crippen molar-refractivity contribution in [1.29, 1.82) is 0 Å². The van der Waals surface area contributed by atoms with E-state index in [2.05, 4.69) is 15.5 Å². The van der Waals surface area contributed by atoms with Crippen LogP contribution in [-0.2, 0) is 0 Å². The molecule has 0 radical (unpaired) electrons. The molecule has 6 heteroatoms. The van der Waals surface area contributed by atoms with Crippen molar-refractivity contribution in [3.8, 4) is 0 Å². The zero-order valence-electron chi connectivity index (χ0n) is 12.7. The van der Waals surface area contributed by atoms with Crippen molar-refractivity contribution in [2.45, 2.75) is 51.4 Å². The lowest BCUT2D eigenvalue weighted by Gasteiger charge is -2.31. The Hall–Kier alpha value is -1.59. The number of hydrogen-bond donors (Lipinski definition) is 1. The molecule has 2 fully saturated rings. The van der Waals surface area contributed by atoms with Crippen molar-refractivity contribution < 1.29 is 9.32 Å². The van der Waals surface area contributed by atoms with E-state index in [4.69, 9.17) is 4.52 Å². The lowest BCUT2D eigenvalue weighted by molar-refractivity contribution is 0.170. The summed E-state index contributed by atoms with van der Waals surface area (Å²) in [5.74, 6) is 2.18. The Morgan fingerprint density at radius 3 is 2.86 bits per heavy atom. The molecule has 116 valence electrons. The first-order chi connectivity index (χ1) is 10.2. The molecule has 1 saturated carbocycles. The Morgan fingerprint density at radius 1 is 1.33 bits per heavy atom. The fourth-order valence-electron chi connectivity index (χ4n) is 3.40. The minimum absolute atomic E-state index is 0.0582. The number of amides is 2. The molecule has 1 N–H and O–H groups in total. The molecule has 3 rings (SSSR count). The van der Waals surface area contributed by atoms with Crippen LogP contribution in [0.1, 0.15) is 56.2 Å². The second-order valence-electron chi connectivity index (χ2n) is 6.30. The van der Waals surface area contributed by atoms with Crippen molar-refractivity contribution in [3.05, 3.63) is 11.7 Å². The van der Waals surface area contributed by atoms with Gasteiger partial charge >= 0.3 is 6.03 Å². The normalized spacial score (nSPS) is 23.5. The predicted octanol–water partition coefficient (Wildman–Crippen LogP) is 2.46. The topological polar surface area (TPSA) is 71.3 Å². The van der Waals surface area contributed by atoms with Crippen LogP contribution in [0.3, 0.4) is 0 Å². The number of aromatic nitrogens is 2. The smallest absolute Gasteiger partial charge is 0.317 e. The number of nitrogens with zero attached hydrogens (tertiary/aromatic N) is 3. The van der Waals surface area contributed by atoms with Gasteiger partial charge in [0.1, 0.15) is 0 Å². The fraction of sp³-hybridized carbons (Fsp3) is 0.800. The third kappa shape index (κ3) is 3.54. The molecule has 1 aliphatic carbocycles. The third-order valence-corrected chi connectivity index (χ3v) is 4.62. The second kappa shape index (κ2) is 6.45. The van der Waals surface area contributed by atoms with Gasteiger partial charge in [-0.3, -0.25) is 0 Å². The summed E-state index contributed by atoms with van der Waals surface area (Å²) in [5, 5.41) is 6.94. The van der Waals surface area contributed by atoms with E-state index in [1.165, 1.54) is 25.7 Å². The number of hydrogen-bond acceptors (Lipinski definition) is 4. The molecular formula is C15H24N4O2. The van der Waals surface area contributed by atoms with Gasteiger partial charge in [0, 0.05) is 19.6 Å². The van der Waals surface area contributed by atoms with Gasteiger partial charge in [-0.25, -0.2) is 4.79 Å². The molecule has 1 saturated heterocycles. The summed E-state index contributed by atoms with van der Waals surface area (Å²) >= 11 is 0. The van der Waals surface area contributed by atoms with Gasteiger partial charge in [0.2, 0.25) is 5.89 Å². The standard InChI is InChI=1S/C15H24N4O2/c1-11-17-14(21-18-11)13-7-4-8-19(10-13)15(20)16-9-12-5-2-3-6-12/h12-13H,2-10H2,1H3,(H,16,20)/t13-/m0/s1. The molecule has 21 heavy (non-hydrogen) atoms. The van der Waals surface area contributed by atoms with Crippen molar-refractivity contribution in [2.75, 3.05) is 19.6 Å². The highest BCUT2D eigenvalue weighted by atomic mass is 16.5. The molecule has 0 spiro atoms. The average molecular weight is 292 g/mol. The van der Waals surface area contributed by atoms with Gasteiger partial charge in [-0.1, -0.05) is 18.0 Å². The maximum absolute atomic E-state index is 12.3. The molecule has 0 aromatic carbocycles. The number of rotatable bonds is 3. The molecule has 1 aliphatic heterocycles. The van der Waals surface area contributed by atoms with Gasteiger partial charge in [0.25, 0.3) is 0 Å². The van der Waals surface area contributed by atoms with Crippen LogP contribution in [0.2, 0.25) is 0 Å². The van der Waals surface area contributed by atoms with Crippen LogP contribution in [0.4, 0.5) is 4.79 Å². The highest BCUT2D eigenvalue weighted by molar-refractivity contribution is 5.74. The van der Waals surface area contributed by atoms with Crippen LogP contribution in [-0.4, -0.2) is 40.7 Å². The van der Waals surface area contributed by atoms with Crippen molar-refractivity contribution in [2.24, 2.45) is 5.92 Å². The van der Waals surface area contributed by atoms with E-state index >= 15 is 0 Å². The monoisotopic (exact) mass is 292 g/mol. The Bertz CT molecular complexity index is 482.